The van der Waals surface area contributed by atoms with Gasteiger partial charge in [0.2, 0.25) is 0 Å². The highest BCUT2D eigenvalue weighted by molar-refractivity contribution is 5.83. The highest BCUT2D eigenvalue weighted by Crippen LogP contribution is 2.36. The van der Waals surface area contributed by atoms with Gasteiger partial charge in [-0.15, -0.1) is 0 Å². The molecule has 8 heteroatoms. The van der Waals surface area contributed by atoms with Gasteiger partial charge in [0.05, 0.1) is 37.4 Å². The van der Waals surface area contributed by atoms with Crippen LogP contribution < -0.4 is 0 Å². The van der Waals surface area contributed by atoms with Gasteiger partial charge in [0.15, 0.2) is 0 Å². The molecule has 2 rings (SSSR count). The van der Waals surface area contributed by atoms with Gasteiger partial charge in [-0.1, -0.05) is 12.8 Å². The van der Waals surface area contributed by atoms with Crippen LogP contribution in [-0.2, 0) is 33.4 Å². The Kier molecular flexibility index (Phi) is 7.62. The van der Waals surface area contributed by atoms with Crippen molar-refractivity contribution in [1.29, 1.82) is 0 Å². The van der Waals surface area contributed by atoms with E-state index in [0.717, 1.165) is 12.8 Å². The van der Waals surface area contributed by atoms with Crippen LogP contribution in [0.1, 0.15) is 51.9 Å². The monoisotopic (exact) mass is 384 g/mol. The zero-order valence-electron chi connectivity index (χ0n) is 15.8. The van der Waals surface area contributed by atoms with Crippen LogP contribution in [0, 0.1) is 23.7 Å². The molecular weight excluding hydrogens is 356 g/mol. The van der Waals surface area contributed by atoms with E-state index < -0.39 is 53.7 Å². The number of rotatable bonds is 6. The molecule has 0 radical (unpaired) electrons. The second-order valence-corrected chi connectivity index (χ2v) is 7.20. The van der Waals surface area contributed by atoms with Gasteiger partial charge in [-0.2, -0.15) is 0 Å². The summed E-state index contributed by atoms with van der Waals surface area (Å²) in [7, 11) is 1.30. The van der Waals surface area contributed by atoms with Crippen LogP contribution in [0.3, 0.4) is 0 Å². The number of carbonyl (C=O) groups is 4. The maximum absolute atomic E-state index is 12.7. The number of carboxylic acid groups (broad SMARTS) is 1. The minimum absolute atomic E-state index is 0.122. The van der Waals surface area contributed by atoms with Crippen LogP contribution in [-0.4, -0.2) is 48.8 Å². The van der Waals surface area contributed by atoms with E-state index in [1.165, 1.54) is 7.11 Å². The van der Waals surface area contributed by atoms with Crippen LogP contribution in [0.25, 0.3) is 0 Å². The molecule has 27 heavy (non-hydrogen) atoms. The largest absolute Gasteiger partial charge is 0.481 e. The van der Waals surface area contributed by atoms with Gasteiger partial charge in [-0.3, -0.25) is 19.2 Å². The van der Waals surface area contributed by atoms with Gasteiger partial charge >= 0.3 is 23.9 Å². The zero-order chi connectivity index (χ0) is 20.0. The minimum Gasteiger partial charge on any atom is -0.481 e. The first-order valence-electron chi connectivity index (χ1n) is 9.56. The number of carboxylic acids is 1. The van der Waals surface area contributed by atoms with Gasteiger partial charge in [0, 0.05) is 0 Å². The molecule has 0 bridgehead atoms. The van der Waals surface area contributed by atoms with Crippen molar-refractivity contribution in [2.24, 2.45) is 23.7 Å². The van der Waals surface area contributed by atoms with E-state index >= 15 is 0 Å². The third-order valence-electron chi connectivity index (χ3n) is 5.56. The van der Waals surface area contributed by atoms with Crippen molar-refractivity contribution >= 4 is 23.9 Å². The molecule has 8 nitrogen and oxygen atoms in total. The quantitative estimate of drug-likeness (QED) is 0.545. The number of hydrogen-bond donors (Lipinski definition) is 1. The van der Waals surface area contributed by atoms with Crippen molar-refractivity contribution < 1.29 is 38.5 Å². The molecule has 0 spiro atoms. The summed E-state index contributed by atoms with van der Waals surface area (Å²) in [5.41, 5.74) is 0. The lowest BCUT2D eigenvalue weighted by Crippen LogP contribution is -2.41. The Bertz CT molecular complexity index is 572. The molecular formula is C19H28O8. The van der Waals surface area contributed by atoms with Crippen molar-refractivity contribution in [3.05, 3.63) is 0 Å². The predicted octanol–water partition coefficient (Wildman–Crippen LogP) is 1.94. The number of hydrogen-bond acceptors (Lipinski definition) is 7. The lowest BCUT2D eigenvalue weighted by molar-refractivity contribution is -0.172. The zero-order valence-corrected chi connectivity index (χ0v) is 15.8. The molecule has 5 unspecified atom stereocenters. The van der Waals surface area contributed by atoms with Crippen molar-refractivity contribution in [3.8, 4) is 0 Å². The average molecular weight is 384 g/mol. The van der Waals surface area contributed by atoms with Crippen LogP contribution >= 0.6 is 0 Å². The Balaban J connectivity index is 2.03. The normalized spacial score (nSPS) is 30.8. The van der Waals surface area contributed by atoms with Crippen molar-refractivity contribution in [3.63, 3.8) is 0 Å². The second-order valence-electron chi connectivity index (χ2n) is 7.20. The van der Waals surface area contributed by atoms with Gasteiger partial charge in [0.1, 0.15) is 6.10 Å². The molecule has 0 aromatic heterocycles. The summed E-state index contributed by atoms with van der Waals surface area (Å²) in [6.07, 6.45) is 3.02. The highest BCUT2D eigenvalue weighted by Gasteiger charge is 2.43. The van der Waals surface area contributed by atoms with Crippen molar-refractivity contribution in [1.82, 2.24) is 0 Å². The number of carbonyl (C=O) groups excluding carboxylic acids is 3. The van der Waals surface area contributed by atoms with Gasteiger partial charge in [0.25, 0.3) is 0 Å². The van der Waals surface area contributed by atoms with E-state index in [9.17, 15) is 24.3 Å². The molecule has 0 saturated heterocycles. The van der Waals surface area contributed by atoms with Crippen molar-refractivity contribution in [2.45, 2.75) is 58.0 Å². The fraction of sp³-hybridized carbons (Fsp3) is 0.789. The Labute approximate surface area is 158 Å². The Morgan fingerprint density at radius 2 is 1.48 bits per heavy atom. The van der Waals surface area contributed by atoms with Crippen LogP contribution in [0.15, 0.2) is 0 Å². The summed E-state index contributed by atoms with van der Waals surface area (Å²) in [5, 5.41) is 9.35. The summed E-state index contributed by atoms with van der Waals surface area (Å²) >= 11 is 0. The first-order valence-corrected chi connectivity index (χ1v) is 9.56. The summed E-state index contributed by atoms with van der Waals surface area (Å²) in [5.74, 6) is -5.22. The fourth-order valence-electron chi connectivity index (χ4n) is 4.14. The number of esters is 3. The van der Waals surface area contributed by atoms with Gasteiger partial charge in [-0.25, -0.2) is 0 Å². The minimum atomic E-state index is -1.05. The molecule has 2 aliphatic rings. The SMILES string of the molecule is CCOC(=O)C1CC(OC(=O)C2CCCCC2C(=O)OC)CCC1C(=O)O. The lowest BCUT2D eigenvalue weighted by atomic mass is 9.77. The van der Waals surface area contributed by atoms with Gasteiger partial charge in [-0.05, 0) is 39.0 Å². The number of methoxy groups -OCH3 is 1. The van der Waals surface area contributed by atoms with E-state index in [2.05, 4.69) is 0 Å². The topological polar surface area (TPSA) is 116 Å². The third-order valence-corrected chi connectivity index (χ3v) is 5.56. The molecule has 0 heterocycles. The lowest BCUT2D eigenvalue weighted by Gasteiger charge is -2.34. The Morgan fingerprint density at radius 1 is 0.852 bits per heavy atom. The van der Waals surface area contributed by atoms with E-state index in [1.54, 1.807) is 6.92 Å². The molecule has 5 atom stereocenters. The standard InChI is InChI=1S/C19H28O8/c1-3-26-18(23)15-10-11(8-9-12(15)16(20)21)27-19(24)14-7-5-4-6-13(14)17(22)25-2/h11-15H,3-10H2,1-2H3,(H,20,21). The summed E-state index contributed by atoms with van der Waals surface area (Å²) in [6.45, 7) is 1.82. The third kappa shape index (κ3) is 5.20. The number of aliphatic carboxylic acids is 1. The summed E-state index contributed by atoms with van der Waals surface area (Å²) in [6, 6.07) is 0. The predicted molar refractivity (Wildman–Crippen MR) is 92.4 cm³/mol. The first kappa shape index (κ1) is 21.2. The Hall–Kier alpha value is -2.12. The molecule has 0 amide bonds. The Morgan fingerprint density at radius 3 is 2.04 bits per heavy atom. The average Bonchev–Trinajstić information content (AvgIpc) is 2.67. The fourth-order valence-corrected chi connectivity index (χ4v) is 4.14. The second kappa shape index (κ2) is 9.71. The van der Waals surface area contributed by atoms with Crippen LogP contribution in [0.2, 0.25) is 0 Å². The maximum atomic E-state index is 12.7. The smallest absolute Gasteiger partial charge is 0.310 e. The van der Waals surface area contributed by atoms with Gasteiger partial charge < -0.3 is 19.3 Å². The maximum Gasteiger partial charge on any atom is 0.310 e. The van der Waals surface area contributed by atoms with Crippen molar-refractivity contribution in [2.75, 3.05) is 13.7 Å². The van der Waals surface area contributed by atoms with Crippen LogP contribution in [0.4, 0.5) is 0 Å². The van der Waals surface area contributed by atoms with E-state index in [4.69, 9.17) is 14.2 Å². The first-order chi connectivity index (χ1) is 12.9. The molecule has 2 saturated carbocycles. The molecule has 0 aromatic rings. The summed E-state index contributed by atoms with van der Waals surface area (Å²) in [4.78, 5) is 48.2. The number of ether oxygens (including phenoxy) is 3. The van der Waals surface area contributed by atoms with Crippen LogP contribution in [0.5, 0.6) is 0 Å². The summed E-state index contributed by atoms with van der Waals surface area (Å²) < 4.78 is 15.4. The highest BCUT2D eigenvalue weighted by atomic mass is 16.6. The molecule has 2 aliphatic carbocycles. The van der Waals surface area contributed by atoms with E-state index in [-0.39, 0.29) is 19.4 Å². The molecule has 0 aromatic carbocycles. The molecule has 1 N–H and O–H groups in total. The molecule has 152 valence electrons. The van der Waals surface area contributed by atoms with E-state index in [0.29, 0.717) is 19.3 Å². The van der Waals surface area contributed by atoms with E-state index in [1.807, 2.05) is 0 Å². The molecule has 0 aliphatic heterocycles. The molecule has 2 fully saturated rings.